The molecule has 1 aromatic rings. The van der Waals surface area contributed by atoms with Gasteiger partial charge < -0.3 is 0 Å². The zero-order valence-electron chi connectivity index (χ0n) is 8.48. The quantitative estimate of drug-likeness (QED) is 0.604. The van der Waals surface area contributed by atoms with E-state index in [9.17, 15) is 9.18 Å². The zero-order chi connectivity index (χ0) is 11.6. The second kappa shape index (κ2) is 5.08. The molecule has 0 heterocycles. The van der Waals surface area contributed by atoms with Crippen molar-refractivity contribution < 1.29 is 9.18 Å². The van der Waals surface area contributed by atoms with E-state index in [2.05, 4.69) is 15.9 Å². The van der Waals surface area contributed by atoms with E-state index in [1.807, 2.05) is 6.92 Å². The third kappa shape index (κ3) is 2.79. The number of ketones is 1. The Morgan fingerprint density at radius 1 is 1.60 bits per heavy atom. The van der Waals surface area contributed by atoms with Crippen molar-refractivity contribution in [1.29, 1.82) is 0 Å². The van der Waals surface area contributed by atoms with Gasteiger partial charge in [0.05, 0.1) is 10.4 Å². The molecule has 15 heavy (non-hydrogen) atoms. The molecule has 0 saturated carbocycles. The van der Waals surface area contributed by atoms with Crippen LogP contribution in [0.1, 0.15) is 29.3 Å². The minimum atomic E-state index is -0.514. The van der Waals surface area contributed by atoms with Gasteiger partial charge in [-0.15, -0.1) is 0 Å². The minimum absolute atomic E-state index is 0.0503. The molecule has 1 rings (SSSR count). The molecule has 1 atom stereocenters. The average molecular weight is 294 g/mol. The number of rotatable bonds is 3. The Morgan fingerprint density at radius 3 is 2.73 bits per heavy atom. The Bertz CT molecular complexity index is 392. The van der Waals surface area contributed by atoms with Gasteiger partial charge in [0.2, 0.25) is 0 Å². The maximum absolute atomic E-state index is 13.5. The highest BCUT2D eigenvalue weighted by atomic mass is 79.9. The lowest BCUT2D eigenvalue weighted by Crippen LogP contribution is -2.14. The fourth-order valence-electron chi connectivity index (χ4n) is 1.19. The van der Waals surface area contributed by atoms with Gasteiger partial charge in [-0.05, 0) is 31.0 Å². The van der Waals surface area contributed by atoms with Gasteiger partial charge in [-0.2, -0.15) is 0 Å². The number of hydrogen-bond donors (Lipinski definition) is 0. The first-order valence-corrected chi connectivity index (χ1v) is 5.90. The van der Waals surface area contributed by atoms with Gasteiger partial charge in [-0.25, -0.2) is 4.39 Å². The molecule has 0 aliphatic rings. The summed E-state index contributed by atoms with van der Waals surface area (Å²) in [6.45, 7) is 3.55. The van der Waals surface area contributed by atoms with Crippen molar-refractivity contribution in [2.45, 2.75) is 25.1 Å². The molecular weight excluding hydrogens is 282 g/mol. The van der Waals surface area contributed by atoms with Crippen molar-refractivity contribution in [1.82, 2.24) is 0 Å². The first-order valence-electron chi connectivity index (χ1n) is 4.61. The van der Waals surface area contributed by atoms with Crippen LogP contribution in [0.4, 0.5) is 4.39 Å². The lowest BCUT2D eigenvalue weighted by Gasteiger charge is -2.08. The maximum Gasteiger partial charge on any atom is 0.179 e. The van der Waals surface area contributed by atoms with Gasteiger partial charge in [0.15, 0.2) is 5.78 Å². The summed E-state index contributed by atoms with van der Waals surface area (Å²) in [5.74, 6) is -0.781. The predicted octanol–water partition coefficient (Wildman–Crippen LogP) is 4.14. The van der Waals surface area contributed by atoms with Crippen LogP contribution in [-0.4, -0.2) is 10.6 Å². The van der Waals surface area contributed by atoms with E-state index in [1.54, 1.807) is 6.92 Å². The Hall–Kier alpha value is -0.410. The molecule has 82 valence electrons. The Labute approximate surface area is 102 Å². The van der Waals surface area contributed by atoms with Gasteiger partial charge in [-0.3, -0.25) is 4.79 Å². The molecule has 4 heteroatoms. The monoisotopic (exact) mass is 292 g/mol. The van der Waals surface area contributed by atoms with Crippen molar-refractivity contribution in [3.8, 4) is 0 Å². The van der Waals surface area contributed by atoms with Crippen LogP contribution < -0.4 is 0 Å². The normalized spacial score (nSPS) is 12.6. The number of halogens is 3. The van der Waals surface area contributed by atoms with Crippen molar-refractivity contribution in [3.05, 3.63) is 34.1 Å². The third-order valence-electron chi connectivity index (χ3n) is 2.16. The van der Waals surface area contributed by atoms with Crippen LogP contribution in [0.5, 0.6) is 0 Å². The highest BCUT2D eigenvalue weighted by Crippen LogP contribution is 2.23. The van der Waals surface area contributed by atoms with E-state index in [1.165, 1.54) is 12.1 Å². The van der Waals surface area contributed by atoms with E-state index in [-0.39, 0.29) is 16.2 Å². The standard InChI is InChI=1S/C11H11BrClFO/c1-3-8(12)11(15)7-5-9(13)6(2)4-10(7)14/h4-5,8H,3H2,1-2H3. The summed E-state index contributed by atoms with van der Waals surface area (Å²) in [5.41, 5.74) is 0.683. The van der Waals surface area contributed by atoms with Crippen molar-refractivity contribution in [2.24, 2.45) is 0 Å². The Morgan fingerprint density at radius 2 is 2.20 bits per heavy atom. The summed E-state index contributed by atoms with van der Waals surface area (Å²) in [6, 6.07) is 2.67. The molecule has 0 amide bonds. The molecule has 0 radical (unpaired) electrons. The number of aryl methyl sites for hydroxylation is 1. The van der Waals surface area contributed by atoms with E-state index in [0.29, 0.717) is 17.0 Å². The number of Topliss-reactive ketones (excluding diaryl/α,β-unsaturated/α-hetero) is 1. The van der Waals surface area contributed by atoms with Gasteiger partial charge in [0.1, 0.15) is 5.82 Å². The summed E-state index contributed by atoms with van der Waals surface area (Å²) in [7, 11) is 0. The molecule has 1 nitrogen and oxygen atoms in total. The molecule has 1 unspecified atom stereocenters. The summed E-state index contributed by atoms with van der Waals surface area (Å²) in [4.78, 5) is 11.4. The SMILES string of the molecule is CCC(Br)C(=O)c1cc(Cl)c(C)cc1F. The second-order valence-corrected chi connectivity index (χ2v) is 4.83. The molecule has 0 aromatic heterocycles. The van der Waals surface area contributed by atoms with Crippen LogP contribution in [0.15, 0.2) is 12.1 Å². The average Bonchev–Trinajstić information content (AvgIpc) is 2.21. The molecule has 0 aliphatic heterocycles. The summed E-state index contributed by atoms with van der Waals surface area (Å²) in [5, 5.41) is 0.413. The highest BCUT2D eigenvalue weighted by molar-refractivity contribution is 9.10. The van der Waals surface area contributed by atoms with Crippen LogP contribution in [0.3, 0.4) is 0 Å². The highest BCUT2D eigenvalue weighted by Gasteiger charge is 2.19. The van der Waals surface area contributed by atoms with Crippen LogP contribution >= 0.6 is 27.5 Å². The Balaban J connectivity index is 3.15. The summed E-state index contributed by atoms with van der Waals surface area (Å²) in [6.07, 6.45) is 0.615. The summed E-state index contributed by atoms with van der Waals surface area (Å²) < 4.78 is 13.5. The number of benzene rings is 1. The van der Waals surface area contributed by atoms with E-state index in [0.717, 1.165) is 0 Å². The van der Waals surface area contributed by atoms with Gasteiger partial charge in [-0.1, -0.05) is 34.5 Å². The van der Waals surface area contributed by atoms with Gasteiger partial charge >= 0.3 is 0 Å². The van der Waals surface area contributed by atoms with E-state index < -0.39 is 5.82 Å². The maximum atomic E-state index is 13.5. The number of alkyl halides is 1. The topological polar surface area (TPSA) is 17.1 Å². The largest absolute Gasteiger partial charge is 0.293 e. The summed E-state index contributed by atoms with van der Waals surface area (Å²) >= 11 is 9.04. The smallest absolute Gasteiger partial charge is 0.179 e. The molecule has 1 aromatic carbocycles. The van der Waals surface area contributed by atoms with Crippen molar-refractivity contribution in [3.63, 3.8) is 0 Å². The van der Waals surface area contributed by atoms with Crippen LogP contribution in [-0.2, 0) is 0 Å². The predicted molar refractivity (Wildman–Crippen MR) is 63.5 cm³/mol. The molecule has 0 bridgehead atoms. The van der Waals surface area contributed by atoms with Gasteiger partial charge in [0, 0.05) is 5.02 Å². The molecule has 0 aliphatic carbocycles. The fourth-order valence-corrected chi connectivity index (χ4v) is 1.60. The number of hydrogen-bond acceptors (Lipinski definition) is 1. The van der Waals surface area contributed by atoms with Crippen LogP contribution in [0, 0.1) is 12.7 Å². The zero-order valence-corrected chi connectivity index (χ0v) is 10.8. The first kappa shape index (κ1) is 12.7. The minimum Gasteiger partial charge on any atom is -0.293 e. The van der Waals surface area contributed by atoms with Crippen molar-refractivity contribution >= 4 is 33.3 Å². The number of carbonyl (C=O) groups is 1. The molecule has 0 fully saturated rings. The molecule has 0 spiro atoms. The molecule has 0 N–H and O–H groups in total. The Kier molecular flexibility index (Phi) is 4.29. The first-order chi connectivity index (χ1) is 6.97. The fraction of sp³-hybridized carbons (Fsp3) is 0.364. The lowest BCUT2D eigenvalue weighted by molar-refractivity contribution is 0.0986. The number of carbonyl (C=O) groups excluding carboxylic acids is 1. The van der Waals surface area contributed by atoms with Crippen LogP contribution in [0.25, 0.3) is 0 Å². The van der Waals surface area contributed by atoms with E-state index >= 15 is 0 Å². The molecular formula is C11H11BrClFO. The van der Waals surface area contributed by atoms with Gasteiger partial charge in [0.25, 0.3) is 0 Å². The van der Waals surface area contributed by atoms with Crippen molar-refractivity contribution in [2.75, 3.05) is 0 Å². The van der Waals surface area contributed by atoms with Crippen LogP contribution in [0.2, 0.25) is 5.02 Å². The lowest BCUT2D eigenvalue weighted by atomic mass is 10.0. The molecule has 0 saturated heterocycles. The second-order valence-electron chi connectivity index (χ2n) is 3.32. The third-order valence-corrected chi connectivity index (χ3v) is 3.63. The van der Waals surface area contributed by atoms with E-state index in [4.69, 9.17) is 11.6 Å².